The lowest BCUT2D eigenvalue weighted by atomic mass is 10.2. The molecule has 0 saturated carbocycles. The Morgan fingerprint density at radius 1 is 1.41 bits per heavy atom. The molecule has 92 valence electrons. The van der Waals surface area contributed by atoms with Crippen LogP contribution in [-0.2, 0) is 6.54 Å². The Morgan fingerprint density at radius 3 is 2.94 bits per heavy atom. The van der Waals surface area contributed by atoms with Gasteiger partial charge in [0.2, 0.25) is 0 Å². The molecular formula is C12H19N5. The van der Waals surface area contributed by atoms with E-state index in [9.17, 15) is 0 Å². The SMILES string of the molecule is CCCNC(c1ccn[nH]1)c1nccn1CC. The normalized spacial score (nSPS) is 12.8. The van der Waals surface area contributed by atoms with E-state index < -0.39 is 0 Å². The Kier molecular flexibility index (Phi) is 3.93. The molecule has 0 radical (unpaired) electrons. The minimum Gasteiger partial charge on any atom is -0.334 e. The number of aromatic amines is 1. The van der Waals surface area contributed by atoms with Crippen molar-refractivity contribution in [2.24, 2.45) is 0 Å². The number of nitrogens with zero attached hydrogens (tertiary/aromatic N) is 3. The molecular weight excluding hydrogens is 214 g/mol. The molecule has 2 heterocycles. The van der Waals surface area contributed by atoms with Crippen LogP contribution in [0.2, 0.25) is 0 Å². The number of aromatic nitrogens is 4. The van der Waals surface area contributed by atoms with Gasteiger partial charge in [-0.05, 0) is 26.0 Å². The van der Waals surface area contributed by atoms with Crippen LogP contribution >= 0.6 is 0 Å². The molecule has 2 rings (SSSR count). The summed E-state index contributed by atoms with van der Waals surface area (Å²) in [5.41, 5.74) is 1.05. The van der Waals surface area contributed by atoms with E-state index in [1.165, 1.54) is 0 Å². The van der Waals surface area contributed by atoms with Crippen molar-refractivity contribution in [3.63, 3.8) is 0 Å². The summed E-state index contributed by atoms with van der Waals surface area (Å²) in [7, 11) is 0. The molecule has 1 atom stereocenters. The fraction of sp³-hybridized carbons (Fsp3) is 0.500. The molecule has 0 aliphatic heterocycles. The third-order valence-corrected chi connectivity index (χ3v) is 2.78. The number of nitrogens with one attached hydrogen (secondary N) is 2. The van der Waals surface area contributed by atoms with Crippen molar-refractivity contribution in [3.8, 4) is 0 Å². The molecule has 5 heteroatoms. The number of hydrogen-bond acceptors (Lipinski definition) is 3. The summed E-state index contributed by atoms with van der Waals surface area (Å²) in [5.74, 6) is 1.03. The van der Waals surface area contributed by atoms with E-state index in [4.69, 9.17) is 0 Å². The summed E-state index contributed by atoms with van der Waals surface area (Å²) < 4.78 is 2.15. The first-order chi connectivity index (χ1) is 8.36. The third-order valence-electron chi connectivity index (χ3n) is 2.78. The summed E-state index contributed by atoms with van der Waals surface area (Å²) >= 11 is 0. The number of aryl methyl sites for hydroxylation is 1. The molecule has 17 heavy (non-hydrogen) atoms. The maximum atomic E-state index is 4.45. The molecule has 0 aromatic carbocycles. The largest absolute Gasteiger partial charge is 0.334 e. The van der Waals surface area contributed by atoms with Gasteiger partial charge in [0.1, 0.15) is 11.9 Å². The standard InChI is InChI=1S/C12H19N5/c1-3-6-13-11(10-5-7-15-16-10)12-14-8-9-17(12)4-2/h5,7-9,11,13H,3-4,6H2,1-2H3,(H,15,16). The second-order valence-electron chi connectivity index (χ2n) is 3.97. The predicted molar refractivity (Wildman–Crippen MR) is 66.6 cm³/mol. The Morgan fingerprint density at radius 2 is 2.29 bits per heavy atom. The van der Waals surface area contributed by atoms with Crippen LogP contribution < -0.4 is 5.32 Å². The molecule has 1 unspecified atom stereocenters. The first-order valence-electron chi connectivity index (χ1n) is 6.10. The lowest BCUT2D eigenvalue weighted by Crippen LogP contribution is -2.26. The van der Waals surface area contributed by atoms with Crippen molar-refractivity contribution < 1.29 is 0 Å². The van der Waals surface area contributed by atoms with Crippen molar-refractivity contribution in [2.75, 3.05) is 6.54 Å². The minimum absolute atomic E-state index is 0.0902. The van der Waals surface area contributed by atoms with Crippen molar-refractivity contribution in [1.29, 1.82) is 0 Å². The highest BCUT2D eigenvalue weighted by Gasteiger charge is 2.18. The molecule has 0 aliphatic rings. The van der Waals surface area contributed by atoms with Gasteiger partial charge in [0, 0.05) is 25.1 Å². The fourth-order valence-corrected chi connectivity index (χ4v) is 1.90. The zero-order valence-corrected chi connectivity index (χ0v) is 10.3. The van der Waals surface area contributed by atoms with Crippen molar-refractivity contribution in [3.05, 3.63) is 36.2 Å². The maximum Gasteiger partial charge on any atom is 0.132 e. The Balaban J connectivity index is 2.27. The van der Waals surface area contributed by atoms with Crippen LogP contribution in [0.4, 0.5) is 0 Å². The molecule has 0 fully saturated rings. The molecule has 0 spiro atoms. The van der Waals surface area contributed by atoms with Crippen LogP contribution in [0.5, 0.6) is 0 Å². The zero-order chi connectivity index (χ0) is 12.1. The van der Waals surface area contributed by atoms with E-state index in [1.807, 2.05) is 18.5 Å². The molecule has 0 aliphatic carbocycles. The van der Waals surface area contributed by atoms with E-state index in [0.717, 1.165) is 31.0 Å². The lowest BCUT2D eigenvalue weighted by Gasteiger charge is -2.17. The van der Waals surface area contributed by atoms with Gasteiger partial charge in [-0.15, -0.1) is 0 Å². The van der Waals surface area contributed by atoms with Crippen molar-refractivity contribution in [1.82, 2.24) is 25.1 Å². The van der Waals surface area contributed by atoms with Crippen LogP contribution in [0.25, 0.3) is 0 Å². The molecule has 0 bridgehead atoms. The molecule has 2 N–H and O–H groups in total. The quantitative estimate of drug-likeness (QED) is 0.798. The number of imidazole rings is 1. The highest BCUT2D eigenvalue weighted by molar-refractivity contribution is 5.16. The molecule has 5 nitrogen and oxygen atoms in total. The second kappa shape index (κ2) is 5.63. The highest BCUT2D eigenvalue weighted by atomic mass is 15.2. The van der Waals surface area contributed by atoms with Gasteiger partial charge in [0.15, 0.2) is 0 Å². The van der Waals surface area contributed by atoms with Crippen molar-refractivity contribution in [2.45, 2.75) is 32.9 Å². The second-order valence-corrected chi connectivity index (χ2v) is 3.97. The van der Waals surface area contributed by atoms with Gasteiger partial charge in [0.05, 0.1) is 5.69 Å². The third kappa shape index (κ3) is 2.55. The summed E-state index contributed by atoms with van der Waals surface area (Å²) in [6.45, 7) is 6.16. The molecule has 0 saturated heterocycles. The van der Waals surface area contributed by atoms with Gasteiger partial charge >= 0.3 is 0 Å². The van der Waals surface area contributed by atoms with Gasteiger partial charge < -0.3 is 9.88 Å². The van der Waals surface area contributed by atoms with E-state index in [-0.39, 0.29) is 6.04 Å². The van der Waals surface area contributed by atoms with Gasteiger partial charge in [0.25, 0.3) is 0 Å². The first-order valence-corrected chi connectivity index (χ1v) is 6.10. The van der Waals surface area contributed by atoms with Crippen LogP contribution in [0.15, 0.2) is 24.7 Å². The average molecular weight is 233 g/mol. The summed E-state index contributed by atoms with van der Waals surface area (Å²) in [4.78, 5) is 4.45. The summed E-state index contributed by atoms with van der Waals surface area (Å²) in [5, 5.41) is 10.5. The Bertz CT molecular complexity index is 431. The fourth-order valence-electron chi connectivity index (χ4n) is 1.90. The zero-order valence-electron chi connectivity index (χ0n) is 10.3. The smallest absolute Gasteiger partial charge is 0.132 e. The van der Waals surface area contributed by atoms with Crippen LogP contribution in [0, 0.1) is 0 Å². The Labute approximate surface area is 101 Å². The van der Waals surface area contributed by atoms with Crippen molar-refractivity contribution >= 4 is 0 Å². The summed E-state index contributed by atoms with van der Waals surface area (Å²) in [6.07, 6.45) is 6.72. The number of H-pyrrole nitrogens is 1. The minimum atomic E-state index is 0.0902. The highest BCUT2D eigenvalue weighted by Crippen LogP contribution is 2.18. The van der Waals surface area contributed by atoms with E-state index in [0.29, 0.717) is 0 Å². The van der Waals surface area contributed by atoms with Gasteiger partial charge in [-0.25, -0.2) is 4.98 Å². The van der Waals surface area contributed by atoms with Gasteiger partial charge in [-0.1, -0.05) is 6.92 Å². The number of rotatable bonds is 6. The number of hydrogen-bond donors (Lipinski definition) is 2. The predicted octanol–water partition coefficient (Wildman–Crippen LogP) is 1.72. The monoisotopic (exact) mass is 233 g/mol. The van der Waals surface area contributed by atoms with E-state index in [2.05, 4.69) is 38.9 Å². The van der Waals surface area contributed by atoms with E-state index >= 15 is 0 Å². The first kappa shape index (κ1) is 11.9. The Hall–Kier alpha value is -1.62. The van der Waals surface area contributed by atoms with Gasteiger partial charge in [-0.2, -0.15) is 5.10 Å². The van der Waals surface area contributed by atoms with E-state index in [1.54, 1.807) is 6.20 Å². The lowest BCUT2D eigenvalue weighted by molar-refractivity contribution is 0.531. The average Bonchev–Trinajstić information content (AvgIpc) is 3.00. The topological polar surface area (TPSA) is 58.5 Å². The molecule has 2 aromatic heterocycles. The molecule has 2 aromatic rings. The van der Waals surface area contributed by atoms with Gasteiger partial charge in [-0.3, -0.25) is 5.10 Å². The van der Waals surface area contributed by atoms with Crippen LogP contribution in [0.3, 0.4) is 0 Å². The maximum absolute atomic E-state index is 4.45. The molecule has 0 amide bonds. The van der Waals surface area contributed by atoms with Crippen LogP contribution in [-0.4, -0.2) is 26.3 Å². The van der Waals surface area contributed by atoms with Crippen LogP contribution in [0.1, 0.15) is 37.8 Å². The summed E-state index contributed by atoms with van der Waals surface area (Å²) in [6, 6.07) is 2.08.